The third kappa shape index (κ3) is 4.98. The van der Waals surface area contributed by atoms with Gasteiger partial charge in [0.15, 0.2) is 11.6 Å². The highest BCUT2D eigenvalue weighted by molar-refractivity contribution is 5.77. The smallest absolute Gasteiger partial charge is 0.244 e. The van der Waals surface area contributed by atoms with Gasteiger partial charge < -0.3 is 14.5 Å². The van der Waals surface area contributed by atoms with E-state index in [0.29, 0.717) is 49.1 Å². The van der Waals surface area contributed by atoms with Crippen molar-refractivity contribution in [1.29, 1.82) is 0 Å². The predicted octanol–water partition coefficient (Wildman–Crippen LogP) is 3.50. The first-order chi connectivity index (χ1) is 17.1. The van der Waals surface area contributed by atoms with Crippen LogP contribution in [-0.4, -0.2) is 63.8 Å². The number of amides is 1. The summed E-state index contributed by atoms with van der Waals surface area (Å²) in [4.78, 5) is 26.3. The quantitative estimate of drug-likeness (QED) is 0.428. The number of nitrogens with zero attached hydrogens (tertiary/aromatic N) is 6. The minimum absolute atomic E-state index is 0.0350. The lowest BCUT2D eigenvalue weighted by Crippen LogP contribution is -2.49. The molecule has 0 bridgehead atoms. The molecule has 35 heavy (non-hydrogen) atoms. The molecule has 0 N–H and O–H groups in total. The summed E-state index contributed by atoms with van der Waals surface area (Å²) < 4.78 is 20.5. The maximum Gasteiger partial charge on any atom is 0.244 e. The number of piperazine rings is 1. The molecule has 9 heteroatoms. The first kappa shape index (κ1) is 22.5. The summed E-state index contributed by atoms with van der Waals surface area (Å²) in [6.45, 7) is 2.64. The molecule has 1 aliphatic heterocycles. The molecule has 5 rings (SSSR count). The number of aromatic nitrogens is 4. The summed E-state index contributed by atoms with van der Waals surface area (Å²) >= 11 is 0. The molecule has 1 amide bonds. The van der Waals surface area contributed by atoms with E-state index in [0.717, 1.165) is 11.4 Å². The summed E-state index contributed by atoms with van der Waals surface area (Å²) in [6.07, 6.45) is 1.77. The third-order valence-corrected chi connectivity index (χ3v) is 5.99. The monoisotopic (exact) mass is 472 g/mol. The average Bonchev–Trinajstić information content (AvgIpc) is 3.33. The van der Waals surface area contributed by atoms with Crippen molar-refractivity contribution in [2.75, 3.05) is 38.2 Å². The van der Waals surface area contributed by atoms with E-state index >= 15 is 0 Å². The Bertz CT molecular complexity index is 1300. The predicted molar refractivity (Wildman–Crippen MR) is 130 cm³/mol. The van der Waals surface area contributed by atoms with Crippen LogP contribution < -0.4 is 9.64 Å². The van der Waals surface area contributed by atoms with Gasteiger partial charge in [-0.1, -0.05) is 18.2 Å². The molecule has 0 spiro atoms. The Balaban J connectivity index is 1.37. The number of anilines is 1. The normalized spacial score (nSPS) is 13.7. The van der Waals surface area contributed by atoms with E-state index in [9.17, 15) is 9.18 Å². The Morgan fingerprint density at radius 1 is 0.971 bits per heavy atom. The molecule has 2 aromatic heterocycles. The third-order valence-electron chi connectivity index (χ3n) is 5.99. The Labute approximate surface area is 202 Å². The molecule has 4 aromatic rings. The van der Waals surface area contributed by atoms with Crippen molar-refractivity contribution < 1.29 is 13.9 Å². The number of carbonyl (C=O) groups excluding carboxylic acids is 1. The topological polar surface area (TPSA) is 76.4 Å². The molecule has 2 aromatic carbocycles. The number of benzene rings is 2. The largest absolute Gasteiger partial charge is 0.497 e. The van der Waals surface area contributed by atoms with Crippen LogP contribution in [0.4, 0.5) is 10.2 Å². The molecule has 1 fully saturated rings. The second-order valence-electron chi connectivity index (χ2n) is 8.21. The summed E-state index contributed by atoms with van der Waals surface area (Å²) in [6, 6.07) is 19.3. The summed E-state index contributed by atoms with van der Waals surface area (Å²) in [7, 11) is 1.60. The molecule has 3 heterocycles. The highest BCUT2D eigenvalue weighted by Crippen LogP contribution is 2.25. The molecular weight excluding hydrogens is 447 g/mol. The van der Waals surface area contributed by atoms with E-state index in [1.54, 1.807) is 30.1 Å². The van der Waals surface area contributed by atoms with E-state index in [1.165, 1.54) is 12.1 Å². The van der Waals surface area contributed by atoms with Crippen LogP contribution in [0.2, 0.25) is 0 Å². The number of hydrogen-bond acceptors (Lipinski definition) is 6. The maximum atomic E-state index is 13.5. The number of rotatable bonds is 6. The second kappa shape index (κ2) is 9.92. The van der Waals surface area contributed by atoms with Gasteiger partial charge in [-0.3, -0.25) is 4.79 Å². The van der Waals surface area contributed by atoms with Crippen molar-refractivity contribution in [3.05, 3.63) is 78.7 Å². The fourth-order valence-corrected chi connectivity index (χ4v) is 4.10. The van der Waals surface area contributed by atoms with Crippen LogP contribution >= 0.6 is 0 Å². The molecular formula is C26H25FN6O2. The van der Waals surface area contributed by atoms with Crippen LogP contribution in [0.15, 0.2) is 72.9 Å². The highest BCUT2D eigenvalue weighted by Gasteiger charge is 2.24. The fraction of sp³-hybridized carbons (Fsp3) is 0.231. The zero-order valence-corrected chi connectivity index (χ0v) is 19.3. The van der Waals surface area contributed by atoms with E-state index in [1.807, 2.05) is 47.4 Å². The Hall–Kier alpha value is -4.27. The van der Waals surface area contributed by atoms with Crippen LogP contribution in [0.3, 0.4) is 0 Å². The van der Waals surface area contributed by atoms with Gasteiger partial charge in [-0.25, -0.2) is 19.0 Å². The lowest BCUT2D eigenvalue weighted by atomic mass is 10.2. The number of pyridine rings is 1. The fourth-order valence-electron chi connectivity index (χ4n) is 4.10. The lowest BCUT2D eigenvalue weighted by molar-refractivity contribution is -0.132. The van der Waals surface area contributed by atoms with Gasteiger partial charge in [0.1, 0.15) is 23.9 Å². The first-order valence-corrected chi connectivity index (χ1v) is 11.4. The summed E-state index contributed by atoms with van der Waals surface area (Å²) in [5, 5.41) is 4.64. The molecule has 0 atom stereocenters. The molecule has 8 nitrogen and oxygen atoms in total. The van der Waals surface area contributed by atoms with Crippen molar-refractivity contribution in [3.63, 3.8) is 0 Å². The number of hydrogen-bond donors (Lipinski definition) is 0. The van der Waals surface area contributed by atoms with Gasteiger partial charge in [0, 0.05) is 43.5 Å². The highest BCUT2D eigenvalue weighted by atomic mass is 19.1. The van der Waals surface area contributed by atoms with Gasteiger partial charge in [-0.15, -0.1) is 5.10 Å². The maximum absolute atomic E-state index is 13.5. The van der Waals surface area contributed by atoms with Crippen LogP contribution in [0.25, 0.3) is 22.8 Å². The van der Waals surface area contributed by atoms with Gasteiger partial charge in [-0.2, -0.15) is 0 Å². The minimum Gasteiger partial charge on any atom is -0.497 e. The molecule has 0 saturated carbocycles. The van der Waals surface area contributed by atoms with Crippen LogP contribution in [0.1, 0.15) is 0 Å². The number of carbonyl (C=O) groups is 1. The van der Waals surface area contributed by atoms with Crippen LogP contribution in [0, 0.1) is 5.82 Å². The number of halogens is 1. The molecule has 178 valence electrons. The van der Waals surface area contributed by atoms with Crippen LogP contribution in [-0.2, 0) is 11.3 Å². The Morgan fingerprint density at radius 2 is 1.77 bits per heavy atom. The van der Waals surface area contributed by atoms with Gasteiger partial charge in [0.2, 0.25) is 5.91 Å². The zero-order chi connectivity index (χ0) is 24.2. The zero-order valence-electron chi connectivity index (χ0n) is 19.3. The van der Waals surface area contributed by atoms with Crippen LogP contribution in [0.5, 0.6) is 5.75 Å². The van der Waals surface area contributed by atoms with E-state index in [4.69, 9.17) is 9.72 Å². The Morgan fingerprint density at radius 3 is 2.49 bits per heavy atom. The molecule has 0 radical (unpaired) electrons. The average molecular weight is 473 g/mol. The number of methoxy groups -OCH3 is 1. The van der Waals surface area contributed by atoms with Crippen molar-refractivity contribution in [2.24, 2.45) is 0 Å². The van der Waals surface area contributed by atoms with E-state index in [-0.39, 0.29) is 18.3 Å². The van der Waals surface area contributed by atoms with Crippen molar-refractivity contribution in [2.45, 2.75) is 6.54 Å². The number of ether oxygens (including phenoxy) is 1. The van der Waals surface area contributed by atoms with Gasteiger partial charge in [-0.05, 0) is 48.5 Å². The summed E-state index contributed by atoms with van der Waals surface area (Å²) in [5.74, 6) is 2.19. The van der Waals surface area contributed by atoms with Crippen molar-refractivity contribution in [3.8, 4) is 28.5 Å². The van der Waals surface area contributed by atoms with Crippen molar-refractivity contribution >= 4 is 11.7 Å². The van der Waals surface area contributed by atoms with Gasteiger partial charge >= 0.3 is 0 Å². The first-order valence-electron chi connectivity index (χ1n) is 11.4. The second-order valence-corrected chi connectivity index (χ2v) is 8.21. The SMILES string of the molecule is COc1cccc(-c2nc(-c3ccc(F)cc3)n(CC(=O)N3CCN(c4ccccn4)CC3)n2)c1. The van der Waals surface area contributed by atoms with Gasteiger partial charge in [0.05, 0.1) is 7.11 Å². The van der Waals surface area contributed by atoms with Gasteiger partial charge in [0.25, 0.3) is 0 Å². The Kier molecular flexibility index (Phi) is 6.38. The van der Waals surface area contributed by atoms with E-state index < -0.39 is 0 Å². The standard InChI is InChI=1S/C26H25FN6O2/c1-35-22-6-4-5-20(17-22)25-29-26(19-8-10-21(27)11-9-19)33(30-25)18-24(34)32-15-13-31(14-16-32)23-7-2-3-12-28-23/h2-12,17H,13-16,18H2,1H3. The van der Waals surface area contributed by atoms with E-state index in [2.05, 4.69) is 15.0 Å². The lowest BCUT2D eigenvalue weighted by Gasteiger charge is -2.35. The molecule has 1 saturated heterocycles. The summed E-state index contributed by atoms with van der Waals surface area (Å²) in [5.41, 5.74) is 1.45. The molecule has 1 aliphatic rings. The van der Waals surface area contributed by atoms with Crippen molar-refractivity contribution in [1.82, 2.24) is 24.6 Å². The molecule has 0 aliphatic carbocycles. The minimum atomic E-state index is -0.338. The molecule has 0 unspecified atom stereocenters.